The van der Waals surface area contributed by atoms with E-state index in [2.05, 4.69) is 15.9 Å². The number of rotatable bonds is 3. The van der Waals surface area contributed by atoms with Gasteiger partial charge in [-0.3, -0.25) is 0 Å². The Hall–Kier alpha value is -1.94. The van der Waals surface area contributed by atoms with E-state index in [4.69, 9.17) is 9.15 Å². The molecule has 0 amide bonds. The molecule has 1 N–H and O–H groups in total. The zero-order valence-electron chi connectivity index (χ0n) is 9.97. The predicted molar refractivity (Wildman–Crippen MR) is 76.4 cm³/mol. The van der Waals surface area contributed by atoms with Crippen LogP contribution < -0.4 is 4.74 Å². The third kappa shape index (κ3) is 2.44. The Morgan fingerprint density at radius 1 is 1.11 bits per heavy atom. The second-order valence-corrected chi connectivity index (χ2v) is 4.98. The summed E-state index contributed by atoms with van der Waals surface area (Å²) in [7, 11) is 0. The summed E-state index contributed by atoms with van der Waals surface area (Å²) < 4.78 is 12.1. The van der Waals surface area contributed by atoms with E-state index in [-0.39, 0.29) is 5.75 Å². The number of phenolic OH excluding ortho intramolecular Hbond substituents is 1. The molecular formula is C15H11BrO3. The molecule has 0 fully saturated rings. The minimum atomic E-state index is 0.143. The lowest BCUT2D eigenvalue weighted by Crippen LogP contribution is -1.93. The van der Waals surface area contributed by atoms with Crippen LogP contribution in [0.15, 0.2) is 57.4 Å². The third-order valence-electron chi connectivity index (χ3n) is 2.78. The SMILES string of the molecule is Oc1cccc2cc(COc3ccccc3Br)oc12. The molecule has 1 heterocycles. The number of para-hydroxylation sites is 2. The second-order valence-electron chi connectivity index (χ2n) is 4.13. The van der Waals surface area contributed by atoms with Crippen molar-refractivity contribution in [1.29, 1.82) is 0 Å². The van der Waals surface area contributed by atoms with Crippen LogP contribution in [0.5, 0.6) is 11.5 Å². The van der Waals surface area contributed by atoms with Crippen molar-refractivity contribution in [3.8, 4) is 11.5 Å². The molecule has 0 bridgehead atoms. The van der Waals surface area contributed by atoms with E-state index in [9.17, 15) is 5.11 Å². The van der Waals surface area contributed by atoms with Crippen molar-refractivity contribution in [3.05, 3.63) is 58.8 Å². The number of hydrogen-bond acceptors (Lipinski definition) is 3. The predicted octanol–water partition coefficient (Wildman–Crippen LogP) is 4.48. The summed E-state index contributed by atoms with van der Waals surface area (Å²) in [5, 5.41) is 10.5. The summed E-state index contributed by atoms with van der Waals surface area (Å²) in [4.78, 5) is 0. The molecule has 19 heavy (non-hydrogen) atoms. The van der Waals surface area contributed by atoms with E-state index >= 15 is 0 Å². The van der Waals surface area contributed by atoms with Crippen LogP contribution in [0, 0.1) is 0 Å². The molecule has 3 rings (SSSR count). The van der Waals surface area contributed by atoms with Crippen molar-refractivity contribution in [3.63, 3.8) is 0 Å². The monoisotopic (exact) mass is 318 g/mol. The van der Waals surface area contributed by atoms with Crippen molar-refractivity contribution in [2.24, 2.45) is 0 Å². The van der Waals surface area contributed by atoms with Gasteiger partial charge in [0.25, 0.3) is 0 Å². The number of hydrogen-bond donors (Lipinski definition) is 1. The summed E-state index contributed by atoms with van der Waals surface area (Å²) in [6, 6.07) is 14.8. The Morgan fingerprint density at radius 2 is 1.95 bits per heavy atom. The molecule has 2 aromatic carbocycles. The lowest BCUT2D eigenvalue weighted by molar-refractivity contribution is 0.272. The van der Waals surface area contributed by atoms with E-state index in [1.165, 1.54) is 0 Å². The number of benzene rings is 2. The van der Waals surface area contributed by atoms with Gasteiger partial charge in [0.05, 0.1) is 4.47 Å². The fraction of sp³-hybridized carbons (Fsp3) is 0.0667. The van der Waals surface area contributed by atoms with Crippen LogP contribution in [0.4, 0.5) is 0 Å². The quantitative estimate of drug-likeness (QED) is 0.774. The van der Waals surface area contributed by atoms with E-state index in [0.717, 1.165) is 15.6 Å². The molecule has 0 spiro atoms. The van der Waals surface area contributed by atoms with Crippen LogP contribution in [0.25, 0.3) is 11.0 Å². The summed E-state index contributed by atoms with van der Waals surface area (Å²) in [5.41, 5.74) is 0.494. The Kier molecular flexibility index (Phi) is 3.17. The Morgan fingerprint density at radius 3 is 2.74 bits per heavy atom. The van der Waals surface area contributed by atoms with Gasteiger partial charge in [0.2, 0.25) is 0 Å². The maximum absolute atomic E-state index is 9.67. The van der Waals surface area contributed by atoms with Crippen LogP contribution in [-0.2, 0) is 6.61 Å². The lowest BCUT2D eigenvalue weighted by atomic mass is 10.2. The van der Waals surface area contributed by atoms with E-state index in [1.54, 1.807) is 12.1 Å². The van der Waals surface area contributed by atoms with Gasteiger partial charge in [-0.05, 0) is 40.2 Å². The fourth-order valence-corrected chi connectivity index (χ4v) is 2.28. The van der Waals surface area contributed by atoms with Crippen LogP contribution >= 0.6 is 15.9 Å². The average molecular weight is 319 g/mol. The highest BCUT2D eigenvalue weighted by atomic mass is 79.9. The molecule has 1 aromatic heterocycles. The van der Waals surface area contributed by atoms with Crippen molar-refractivity contribution in [2.45, 2.75) is 6.61 Å². The minimum absolute atomic E-state index is 0.143. The minimum Gasteiger partial charge on any atom is -0.504 e. The number of furan rings is 1. The van der Waals surface area contributed by atoms with Crippen LogP contribution in [0.2, 0.25) is 0 Å². The van der Waals surface area contributed by atoms with E-state index in [0.29, 0.717) is 18.0 Å². The topological polar surface area (TPSA) is 42.6 Å². The standard InChI is InChI=1S/C15H11BrO3/c16-12-5-1-2-7-14(12)18-9-11-8-10-4-3-6-13(17)15(10)19-11/h1-8,17H,9H2. The highest BCUT2D eigenvalue weighted by Gasteiger charge is 2.08. The van der Waals surface area contributed by atoms with Gasteiger partial charge in [0, 0.05) is 5.39 Å². The molecular weight excluding hydrogens is 308 g/mol. The third-order valence-corrected chi connectivity index (χ3v) is 3.44. The first kappa shape index (κ1) is 12.1. The first-order chi connectivity index (χ1) is 9.24. The van der Waals surface area contributed by atoms with Crippen molar-refractivity contribution < 1.29 is 14.3 Å². The number of ether oxygens (including phenoxy) is 1. The second kappa shape index (κ2) is 4.97. The zero-order chi connectivity index (χ0) is 13.2. The van der Waals surface area contributed by atoms with Crippen molar-refractivity contribution in [1.82, 2.24) is 0 Å². The first-order valence-corrected chi connectivity index (χ1v) is 6.61. The number of fused-ring (bicyclic) bond motifs is 1. The average Bonchev–Trinajstić information content (AvgIpc) is 2.82. The largest absolute Gasteiger partial charge is 0.504 e. The zero-order valence-corrected chi connectivity index (χ0v) is 11.6. The summed E-state index contributed by atoms with van der Waals surface area (Å²) in [5.74, 6) is 1.57. The molecule has 0 aliphatic rings. The van der Waals surface area contributed by atoms with Gasteiger partial charge in [-0.15, -0.1) is 0 Å². The Labute approximate surface area is 118 Å². The van der Waals surface area contributed by atoms with Crippen molar-refractivity contribution in [2.75, 3.05) is 0 Å². The van der Waals surface area contributed by atoms with Gasteiger partial charge >= 0.3 is 0 Å². The van der Waals surface area contributed by atoms with Gasteiger partial charge in [-0.2, -0.15) is 0 Å². The maximum atomic E-state index is 9.67. The summed E-state index contributed by atoms with van der Waals surface area (Å²) in [6.07, 6.45) is 0. The number of aromatic hydroxyl groups is 1. The molecule has 3 aromatic rings. The molecule has 0 saturated carbocycles. The molecule has 96 valence electrons. The van der Waals surface area contributed by atoms with Crippen LogP contribution in [0.3, 0.4) is 0 Å². The lowest BCUT2D eigenvalue weighted by Gasteiger charge is -2.05. The van der Waals surface area contributed by atoms with Crippen LogP contribution in [0.1, 0.15) is 5.76 Å². The van der Waals surface area contributed by atoms with Gasteiger partial charge in [-0.25, -0.2) is 0 Å². The summed E-state index contributed by atoms with van der Waals surface area (Å²) in [6.45, 7) is 0.316. The molecule has 0 aliphatic heterocycles. The Balaban J connectivity index is 1.83. The number of halogens is 1. The van der Waals surface area contributed by atoms with Gasteiger partial charge in [-0.1, -0.05) is 24.3 Å². The molecule has 0 unspecified atom stereocenters. The number of phenols is 1. The smallest absolute Gasteiger partial charge is 0.176 e. The highest BCUT2D eigenvalue weighted by Crippen LogP contribution is 2.29. The Bertz CT molecular complexity index is 718. The van der Waals surface area contributed by atoms with Gasteiger partial charge in [0.1, 0.15) is 18.1 Å². The van der Waals surface area contributed by atoms with Crippen LogP contribution in [-0.4, -0.2) is 5.11 Å². The van der Waals surface area contributed by atoms with Gasteiger partial charge < -0.3 is 14.3 Å². The highest BCUT2D eigenvalue weighted by molar-refractivity contribution is 9.10. The normalized spacial score (nSPS) is 10.8. The van der Waals surface area contributed by atoms with Gasteiger partial charge in [0.15, 0.2) is 11.3 Å². The first-order valence-electron chi connectivity index (χ1n) is 5.82. The summed E-state index contributed by atoms with van der Waals surface area (Å²) >= 11 is 3.42. The van der Waals surface area contributed by atoms with E-state index < -0.39 is 0 Å². The molecule has 4 heteroatoms. The maximum Gasteiger partial charge on any atom is 0.176 e. The molecule has 3 nitrogen and oxygen atoms in total. The molecule has 0 radical (unpaired) electrons. The molecule has 0 atom stereocenters. The molecule has 0 aliphatic carbocycles. The van der Waals surface area contributed by atoms with E-state index in [1.807, 2.05) is 36.4 Å². The van der Waals surface area contributed by atoms with Crippen molar-refractivity contribution >= 4 is 26.9 Å². The fourth-order valence-electron chi connectivity index (χ4n) is 1.88. The molecule has 0 saturated heterocycles.